The molecule has 1 aliphatic carbocycles. The molecule has 106 valence electrons. The highest BCUT2D eigenvalue weighted by atomic mass is 16.3. The largest absolute Gasteiger partial charge is 0.859 e. The summed E-state index contributed by atoms with van der Waals surface area (Å²) in [7, 11) is 0. The molecule has 1 unspecified atom stereocenters. The van der Waals surface area contributed by atoms with E-state index in [1.165, 1.54) is 11.8 Å². The molecule has 1 saturated carbocycles. The van der Waals surface area contributed by atoms with E-state index >= 15 is 0 Å². The molecule has 1 saturated heterocycles. The van der Waals surface area contributed by atoms with Crippen LogP contribution in [0.25, 0.3) is 0 Å². The first kappa shape index (κ1) is 13.7. The quantitative estimate of drug-likeness (QED) is 0.639. The van der Waals surface area contributed by atoms with Crippen LogP contribution in [0.4, 0.5) is 0 Å². The fraction of sp³-hybridized carbons (Fsp3) is 0.692. The van der Waals surface area contributed by atoms with Gasteiger partial charge in [-0.05, 0) is 38.0 Å². The molecule has 0 spiro atoms. The maximum atomic E-state index is 12.3. The van der Waals surface area contributed by atoms with Crippen LogP contribution >= 0.6 is 0 Å². The van der Waals surface area contributed by atoms with Gasteiger partial charge in [0.05, 0.1) is 5.54 Å². The first-order valence-corrected chi connectivity index (χ1v) is 6.58. The molecule has 0 radical (unpaired) electrons. The van der Waals surface area contributed by atoms with Gasteiger partial charge in [0.1, 0.15) is 6.04 Å². The molecule has 19 heavy (non-hydrogen) atoms. The highest BCUT2D eigenvalue weighted by Gasteiger charge is 2.50. The maximum absolute atomic E-state index is 12.3. The Labute approximate surface area is 112 Å². The second-order valence-electron chi connectivity index (χ2n) is 5.64. The van der Waals surface area contributed by atoms with Crippen LogP contribution in [0.3, 0.4) is 0 Å². The average molecular weight is 266 g/mol. The summed E-state index contributed by atoms with van der Waals surface area (Å²) >= 11 is 0. The van der Waals surface area contributed by atoms with E-state index in [1.807, 2.05) is 6.92 Å². The number of hydrogen-bond acceptors (Lipinski definition) is 5. The number of ketones is 1. The summed E-state index contributed by atoms with van der Waals surface area (Å²) in [6.07, 6.45) is 2.97. The summed E-state index contributed by atoms with van der Waals surface area (Å²) < 4.78 is 0. The Balaban J connectivity index is 2.07. The number of nitrogens with zero attached hydrogens (tertiary/aromatic N) is 1. The predicted octanol–water partition coefficient (Wildman–Crippen LogP) is -0.947. The second kappa shape index (κ2) is 4.75. The van der Waals surface area contributed by atoms with Crippen LogP contribution in [0.15, 0.2) is 12.1 Å². The summed E-state index contributed by atoms with van der Waals surface area (Å²) in [4.78, 5) is 25.2. The molecular weight excluding hydrogens is 246 g/mol. The van der Waals surface area contributed by atoms with Gasteiger partial charge in [-0.3, -0.25) is 9.59 Å². The molecule has 0 aromatic rings. The number of nitrogens with one attached hydrogen (secondary N) is 1. The Morgan fingerprint density at radius 2 is 2.11 bits per heavy atom. The zero-order valence-corrected chi connectivity index (χ0v) is 11.3. The molecular formula is C13H20N3O3-. The minimum Gasteiger partial charge on any atom is -0.859 e. The number of Topliss-reactive ketones (excluding diaryl/α,β-unsaturated/α-hetero) is 1. The van der Waals surface area contributed by atoms with E-state index in [0.717, 1.165) is 6.20 Å². The van der Waals surface area contributed by atoms with Gasteiger partial charge >= 0.3 is 0 Å². The molecule has 2 atom stereocenters. The molecule has 1 heterocycles. The van der Waals surface area contributed by atoms with Crippen molar-refractivity contribution >= 4 is 11.7 Å². The third-order valence-electron chi connectivity index (χ3n) is 4.02. The lowest BCUT2D eigenvalue weighted by Crippen LogP contribution is -2.51. The zero-order chi connectivity index (χ0) is 14.2. The van der Waals surface area contributed by atoms with Crippen molar-refractivity contribution in [2.24, 2.45) is 11.7 Å². The standard InChI is InChI=1S/C13H21N3O3/c1-8-5-10(16(7-8)11(18)6-14)12(19)15-13(3-4-13)9(2)17/h6,8,10,18H,3-5,7,14H2,1-2H3,(H,15,19)/p-1/t8?,10-/m0/s1. The number of hydrogen-bond donors (Lipinski definition) is 2. The minimum absolute atomic E-state index is 0.0184. The van der Waals surface area contributed by atoms with Crippen molar-refractivity contribution in [2.45, 2.75) is 44.7 Å². The predicted molar refractivity (Wildman–Crippen MR) is 67.3 cm³/mol. The summed E-state index contributed by atoms with van der Waals surface area (Å²) in [5.74, 6) is -0.341. The maximum Gasteiger partial charge on any atom is 0.243 e. The van der Waals surface area contributed by atoms with Crippen molar-refractivity contribution in [3.63, 3.8) is 0 Å². The zero-order valence-electron chi connectivity index (χ0n) is 11.3. The van der Waals surface area contributed by atoms with E-state index in [1.54, 1.807) is 0 Å². The van der Waals surface area contributed by atoms with E-state index in [2.05, 4.69) is 5.32 Å². The Bertz CT molecular complexity index is 429. The van der Waals surface area contributed by atoms with E-state index < -0.39 is 11.6 Å². The Hall–Kier alpha value is -1.72. The molecule has 6 heteroatoms. The lowest BCUT2D eigenvalue weighted by atomic mass is 10.1. The first-order chi connectivity index (χ1) is 8.89. The van der Waals surface area contributed by atoms with Gasteiger partial charge < -0.3 is 21.1 Å². The molecule has 6 nitrogen and oxygen atoms in total. The highest BCUT2D eigenvalue weighted by Crippen LogP contribution is 2.37. The second-order valence-corrected chi connectivity index (χ2v) is 5.64. The molecule has 1 amide bonds. The van der Waals surface area contributed by atoms with Gasteiger partial charge in [0, 0.05) is 12.7 Å². The van der Waals surface area contributed by atoms with Gasteiger partial charge in [-0.1, -0.05) is 6.92 Å². The smallest absolute Gasteiger partial charge is 0.243 e. The van der Waals surface area contributed by atoms with Crippen LogP contribution in [0, 0.1) is 5.92 Å². The summed E-state index contributed by atoms with van der Waals surface area (Å²) in [6.45, 7) is 4.00. The van der Waals surface area contributed by atoms with E-state index in [0.29, 0.717) is 25.8 Å². The van der Waals surface area contributed by atoms with E-state index in [4.69, 9.17) is 5.73 Å². The number of likely N-dealkylation sites (tertiary alicyclic amines) is 1. The first-order valence-electron chi connectivity index (χ1n) is 6.58. The van der Waals surface area contributed by atoms with Gasteiger partial charge in [-0.15, -0.1) is 0 Å². The van der Waals surface area contributed by atoms with Crippen LogP contribution in [-0.4, -0.2) is 34.7 Å². The van der Waals surface area contributed by atoms with Crippen LogP contribution in [0.5, 0.6) is 0 Å². The molecule has 0 aromatic carbocycles. The van der Waals surface area contributed by atoms with Gasteiger partial charge in [0.25, 0.3) is 0 Å². The van der Waals surface area contributed by atoms with Gasteiger partial charge in [0.15, 0.2) is 5.78 Å². The van der Waals surface area contributed by atoms with Crippen LogP contribution < -0.4 is 16.2 Å². The number of nitrogens with two attached hydrogens (primary N) is 1. The number of carbonyl (C=O) groups is 2. The summed E-state index contributed by atoms with van der Waals surface area (Å²) in [5.41, 5.74) is 4.57. The monoisotopic (exact) mass is 266 g/mol. The van der Waals surface area contributed by atoms with E-state index in [-0.39, 0.29) is 23.5 Å². The lowest BCUT2D eigenvalue weighted by molar-refractivity contribution is -0.333. The Morgan fingerprint density at radius 3 is 2.58 bits per heavy atom. The third-order valence-corrected chi connectivity index (χ3v) is 4.02. The lowest BCUT2D eigenvalue weighted by Gasteiger charge is -2.32. The van der Waals surface area contributed by atoms with Gasteiger partial charge in [0.2, 0.25) is 5.91 Å². The Kier molecular flexibility index (Phi) is 3.43. The molecule has 0 bridgehead atoms. The molecule has 1 aliphatic heterocycles. The topological polar surface area (TPSA) is 98.5 Å². The van der Waals surface area contributed by atoms with Crippen molar-refractivity contribution in [1.29, 1.82) is 0 Å². The molecule has 2 rings (SSSR count). The highest BCUT2D eigenvalue weighted by molar-refractivity contribution is 5.95. The van der Waals surface area contributed by atoms with Gasteiger partial charge in [-0.25, -0.2) is 0 Å². The molecule has 2 aliphatic rings. The van der Waals surface area contributed by atoms with Crippen molar-refractivity contribution in [3.8, 4) is 0 Å². The van der Waals surface area contributed by atoms with Crippen molar-refractivity contribution < 1.29 is 14.7 Å². The summed E-state index contributed by atoms with van der Waals surface area (Å²) in [6, 6.07) is -0.515. The number of carbonyl (C=O) groups excluding carboxylic acids is 2. The fourth-order valence-corrected chi connectivity index (χ4v) is 2.64. The number of rotatable bonds is 4. The summed E-state index contributed by atoms with van der Waals surface area (Å²) in [5, 5.41) is 14.5. The van der Waals surface area contributed by atoms with Crippen molar-refractivity contribution in [3.05, 3.63) is 12.1 Å². The van der Waals surface area contributed by atoms with Crippen LogP contribution in [0.2, 0.25) is 0 Å². The minimum atomic E-state index is -0.677. The van der Waals surface area contributed by atoms with Crippen LogP contribution in [-0.2, 0) is 9.59 Å². The van der Waals surface area contributed by atoms with Gasteiger partial charge in [-0.2, -0.15) is 0 Å². The third kappa shape index (κ3) is 2.52. The fourth-order valence-electron chi connectivity index (χ4n) is 2.64. The molecule has 2 fully saturated rings. The SMILES string of the molecule is CC(=O)C1(NC(=O)[C@@H]2CC(C)CN2C([O-])=CN)CC1. The van der Waals surface area contributed by atoms with E-state index in [9.17, 15) is 14.7 Å². The number of amides is 1. The normalized spacial score (nSPS) is 29.2. The van der Waals surface area contributed by atoms with Crippen molar-refractivity contribution in [1.82, 2.24) is 10.2 Å². The van der Waals surface area contributed by atoms with Crippen molar-refractivity contribution in [2.75, 3.05) is 6.54 Å². The molecule has 0 aromatic heterocycles. The average Bonchev–Trinajstić information content (AvgIpc) is 3.03. The molecule has 3 N–H and O–H groups in total. The Morgan fingerprint density at radius 1 is 1.47 bits per heavy atom. The van der Waals surface area contributed by atoms with Crippen LogP contribution in [0.1, 0.15) is 33.1 Å².